The third-order valence-corrected chi connectivity index (χ3v) is 2.48. The first-order chi connectivity index (χ1) is 7.77. The predicted octanol–water partition coefficient (Wildman–Crippen LogP) is 3.59. The molecule has 0 aliphatic carbocycles. The van der Waals surface area contributed by atoms with Crippen molar-refractivity contribution < 1.29 is 4.79 Å². The molecule has 0 radical (unpaired) electrons. The first-order valence-electron chi connectivity index (χ1n) is 4.88. The monoisotopic (exact) mass is 231 g/mol. The summed E-state index contributed by atoms with van der Waals surface area (Å²) in [4.78, 5) is 11.8. The molecule has 0 aromatic heterocycles. The normalized spacial score (nSPS) is 9.81. The highest BCUT2D eigenvalue weighted by Crippen LogP contribution is 2.16. The van der Waals surface area contributed by atoms with Gasteiger partial charge in [0.1, 0.15) is 0 Å². The Bertz CT molecular complexity index is 496. The molecule has 0 saturated heterocycles. The highest BCUT2D eigenvalue weighted by molar-refractivity contribution is 6.34. The fourth-order valence-electron chi connectivity index (χ4n) is 1.37. The van der Waals surface area contributed by atoms with Gasteiger partial charge in [-0.25, -0.2) is 0 Å². The predicted molar refractivity (Wildman–Crippen MR) is 65.8 cm³/mol. The summed E-state index contributed by atoms with van der Waals surface area (Å²) in [5, 5.41) is 3.23. The van der Waals surface area contributed by atoms with Crippen LogP contribution in [0, 0.1) is 0 Å². The lowest BCUT2D eigenvalue weighted by Gasteiger charge is -2.05. The standard InChI is InChI=1S/C13H10ClNO/c14-12-9-5-4-8-11(12)13(16)15-10-6-2-1-3-7-10/h1-9H,(H,15,16). The van der Waals surface area contributed by atoms with E-state index in [2.05, 4.69) is 5.32 Å². The van der Waals surface area contributed by atoms with E-state index in [1.54, 1.807) is 24.3 Å². The lowest BCUT2D eigenvalue weighted by Crippen LogP contribution is -2.12. The highest BCUT2D eigenvalue weighted by atomic mass is 35.5. The zero-order valence-electron chi connectivity index (χ0n) is 8.48. The van der Waals surface area contributed by atoms with Gasteiger partial charge in [-0.1, -0.05) is 41.9 Å². The number of hydrogen-bond donors (Lipinski definition) is 1. The summed E-state index contributed by atoms with van der Waals surface area (Å²) in [7, 11) is 0. The molecule has 1 amide bonds. The summed E-state index contributed by atoms with van der Waals surface area (Å²) < 4.78 is 0. The molecule has 0 atom stereocenters. The number of anilines is 1. The van der Waals surface area contributed by atoms with Gasteiger partial charge in [0.25, 0.3) is 5.91 Å². The van der Waals surface area contributed by atoms with Gasteiger partial charge in [-0.15, -0.1) is 0 Å². The molecular weight excluding hydrogens is 222 g/mol. The van der Waals surface area contributed by atoms with Gasteiger partial charge < -0.3 is 5.32 Å². The van der Waals surface area contributed by atoms with Crippen LogP contribution in [0.2, 0.25) is 5.02 Å². The Morgan fingerprint density at radius 2 is 1.56 bits per heavy atom. The number of halogens is 1. The SMILES string of the molecule is O=C(Nc1ccccc1)c1ccccc1Cl. The molecule has 2 aromatic rings. The van der Waals surface area contributed by atoms with E-state index in [1.165, 1.54) is 0 Å². The van der Waals surface area contributed by atoms with Crippen LogP contribution in [0.15, 0.2) is 54.6 Å². The lowest BCUT2D eigenvalue weighted by atomic mass is 10.2. The summed E-state index contributed by atoms with van der Waals surface area (Å²) in [5.74, 6) is -0.197. The van der Waals surface area contributed by atoms with Gasteiger partial charge >= 0.3 is 0 Å². The van der Waals surface area contributed by atoms with Gasteiger partial charge in [0.15, 0.2) is 0 Å². The maximum Gasteiger partial charge on any atom is 0.257 e. The second-order valence-corrected chi connectivity index (χ2v) is 3.71. The van der Waals surface area contributed by atoms with E-state index in [4.69, 9.17) is 11.6 Å². The summed E-state index contributed by atoms with van der Waals surface area (Å²) in [6.07, 6.45) is 0. The van der Waals surface area contributed by atoms with Gasteiger partial charge in [0.2, 0.25) is 0 Å². The van der Waals surface area contributed by atoms with Crippen LogP contribution in [-0.2, 0) is 0 Å². The fourth-order valence-corrected chi connectivity index (χ4v) is 1.59. The Labute approximate surface area is 98.9 Å². The minimum Gasteiger partial charge on any atom is -0.322 e. The molecular formula is C13H10ClNO. The number of carbonyl (C=O) groups excluding carboxylic acids is 1. The number of hydrogen-bond acceptors (Lipinski definition) is 1. The van der Waals surface area contributed by atoms with Gasteiger partial charge in [-0.05, 0) is 24.3 Å². The van der Waals surface area contributed by atoms with E-state index in [9.17, 15) is 4.79 Å². The molecule has 0 bridgehead atoms. The van der Waals surface area contributed by atoms with Gasteiger partial charge in [-0.2, -0.15) is 0 Å². The average Bonchev–Trinajstić information content (AvgIpc) is 2.31. The van der Waals surface area contributed by atoms with E-state index in [-0.39, 0.29) is 5.91 Å². The minimum atomic E-state index is -0.197. The molecule has 0 fully saturated rings. The molecule has 3 heteroatoms. The van der Waals surface area contributed by atoms with Crippen LogP contribution >= 0.6 is 11.6 Å². The van der Waals surface area contributed by atoms with Crippen molar-refractivity contribution in [3.05, 3.63) is 65.2 Å². The van der Waals surface area contributed by atoms with Crippen molar-refractivity contribution in [1.29, 1.82) is 0 Å². The summed E-state index contributed by atoms with van der Waals surface area (Å²) >= 11 is 5.92. The van der Waals surface area contributed by atoms with E-state index in [0.29, 0.717) is 10.6 Å². The van der Waals surface area contributed by atoms with Crippen molar-refractivity contribution in [2.24, 2.45) is 0 Å². The van der Waals surface area contributed by atoms with Crippen LogP contribution in [0.5, 0.6) is 0 Å². The molecule has 0 saturated carbocycles. The van der Waals surface area contributed by atoms with Gasteiger partial charge in [0.05, 0.1) is 10.6 Å². The Morgan fingerprint density at radius 1 is 0.938 bits per heavy atom. The maximum atomic E-state index is 11.8. The molecule has 0 heterocycles. The van der Waals surface area contributed by atoms with E-state index < -0.39 is 0 Å². The number of nitrogens with one attached hydrogen (secondary N) is 1. The topological polar surface area (TPSA) is 29.1 Å². The number of carbonyl (C=O) groups is 1. The van der Waals surface area contributed by atoms with Crippen molar-refractivity contribution in [1.82, 2.24) is 0 Å². The van der Waals surface area contributed by atoms with Crippen LogP contribution in [0.25, 0.3) is 0 Å². The van der Waals surface area contributed by atoms with Crippen LogP contribution in [-0.4, -0.2) is 5.91 Å². The molecule has 80 valence electrons. The number of rotatable bonds is 2. The van der Waals surface area contributed by atoms with Crippen molar-refractivity contribution in [2.75, 3.05) is 5.32 Å². The van der Waals surface area contributed by atoms with E-state index in [1.807, 2.05) is 30.3 Å². The van der Waals surface area contributed by atoms with Gasteiger partial charge in [0, 0.05) is 5.69 Å². The number of benzene rings is 2. The van der Waals surface area contributed by atoms with Crippen LogP contribution < -0.4 is 5.32 Å². The quantitative estimate of drug-likeness (QED) is 0.841. The van der Waals surface area contributed by atoms with E-state index in [0.717, 1.165) is 5.69 Å². The van der Waals surface area contributed by atoms with E-state index >= 15 is 0 Å². The first-order valence-corrected chi connectivity index (χ1v) is 5.26. The first kappa shape index (κ1) is 10.7. The third kappa shape index (κ3) is 2.41. The molecule has 16 heavy (non-hydrogen) atoms. The zero-order chi connectivity index (χ0) is 11.4. The Kier molecular flexibility index (Phi) is 3.22. The molecule has 0 spiro atoms. The Morgan fingerprint density at radius 3 is 2.25 bits per heavy atom. The number of amides is 1. The maximum absolute atomic E-state index is 11.8. The van der Waals surface area contributed by atoms with Crippen LogP contribution in [0.3, 0.4) is 0 Å². The molecule has 0 unspecified atom stereocenters. The molecule has 1 N–H and O–H groups in total. The van der Waals surface area contributed by atoms with Crippen molar-refractivity contribution in [3.8, 4) is 0 Å². The summed E-state index contributed by atoms with van der Waals surface area (Å²) in [5.41, 5.74) is 1.24. The second-order valence-electron chi connectivity index (χ2n) is 3.30. The zero-order valence-corrected chi connectivity index (χ0v) is 9.24. The molecule has 2 rings (SSSR count). The molecule has 2 nitrogen and oxygen atoms in total. The second kappa shape index (κ2) is 4.81. The van der Waals surface area contributed by atoms with Crippen molar-refractivity contribution in [2.45, 2.75) is 0 Å². The molecule has 2 aromatic carbocycles. The van der Waals surface area contributed by atoms with Crippen LogP contribution in [0.4, 0.5) is 5.69 Å². The minimum absolute atomic E-state index is 0.197. The van der Waals surface area contributed by atoms with Crippen molar-refractivity contribution >= 4 is 23.2 Å². The lowest BCUT2D eigenvalue weighted by molar-refractivity contribution is 0.102. The molecule has 0 aliphatic rings. The third-order valence-electron chi connectivity index (χ3n) is 2.15. The summed E-state index contributed by atoms with van der Waals surface area (Å²) in [6, 6.07) is 16.2. The highest BCUT2D eigenvalue weighted by Gasteiger charge is 2.08. The Hall–Kier alpha value is -1.80. The van der Waals surface area contributed by atoms with Gasteiger partial charge in [-0.3, -0.25) is 4.79 Å². The number of para-hydroxylation sites is 1. The Balaban J connectivity index is 2.19. The van der Waals surface area contributed by atoms with Crippen LogP contribution in [0.1, 0.15) is 10.4 Å². The smallest absolute Gasteiger partial charge is 0.257 e. The largest absolute Gasteiger partial charge is 0.322 e. The average molecular weight is 232 g/mol. The molecule has 0 aliphatic heterocycles. The fraction of sp³-hybridized carbons (Fsp3) is 0. The summed E-state index contributed by atoms with van der Waals surface area (Å²) in [6.45, 7) is 0. The van der Waals surface area contributed by atoms with Crippen molar-refractivity contribution in [3.63, 3.8) is 0 Å².